The summed E-state index contributed by atoms with van der Waals surface area (Å²) in [5.41, 5.74) is 6.60. The summed E-state index contributed by atoms with van der Waals surface area (Å²) >= 11 is 1.15. The van der Waals surface area contributed by atoms with Gasteiger partial charge in [0, 0.05) is 77.6 Å². The molecule has 0 bridgehead atoms. The van der Waals surface area contributed by atoms with Gasteiger partial charge in [-0.1, -0.05) is 37.7 Å². The fourth-order valence-corrected chi connectivity index (χ4v) is 4.53. The zero-order chi connectivity index (χ0) is 28.7. The first-order valence-electron chi connectivity index (χ1n) is 14.1. The van der Waals surface area contributed by atoms with Crippen molar-refractivity contribution in [2.45, 2.75) is 39.5 Å². The molecular weight excluding hydrogens is 516 g/mol. The van der Waals surface area contributed by atoms with Crippen molar-refractivity contribution < 1.29 is 19.1 Å². The van der Waals surface area contributed by atoms with E-state index in [-0.39, 0.29) is 29.8 Å². The van der Waals surface area contributed by atoms with E-state index >= 15 is 0 Å². The number of carbonyl (C=O) groups is 3. The van der Waals surface area contributed by atoms with Crippen LogP contribution in [-0.2, 0) is 20.8 Å². The summed E-state index contributed by atoms with van der Waals surface area (Å²) in [6.45, 7) is 13.7. The number of carbonyl (C=O) groups excluding carboxylic acids is 3. The maximum Gasteiger partial charge on any atom is 0.312 e. The van der Waals surface area contributed by atoms with Crippen LogP contribution in [0.4, 0.5) is 0 Å². The largest absolute Gasteiger partial charge is 0.427 e. The molecule has 0 fully saturated rings. The molecule has 0 saturated heterocycles. The van der Waals surface area contributed by atoms with E-state index in [4.69, 9.17) is 10.5 Å². The predicted molar refractivity (Wildman–Crippen MR) is 160 cm³/mol. The topological polar surface area (TPSA) is 129 Å². The molecule has 222 valence electrons. The van der Waals surface area contributed by atoms with Gasteiger partial charge < -0.3 is 31.3 Å². The van der Waals surface area contributed by atoms with Crippen LogP contribution in [0, 0.1) is 0 Å². The van der Waals surface area contributed by atoms with Crippen LogP contribution in [0.15, 0.2) is 24.3 Å². The summed E-state index contributed by atoms with van der Waals surface area (Å²) < 4.78 is 5.29. The number of ether oxygens (including phenoxy) is 1. The molecule has 0 saturated carbocycles. The fraction of sp³-hybridized carbons (Fsp3) is 0.679. The Morgan fingerprint density at radius 2 is 1.59 bits per heavy atom. The highest BCUT2D eigenvalue weighted by Gasteiger charge is 2.10. The van der Waals surface area contributed by atoms with Crippen molar-refractivity contribution in [1.29, 1.82) is 0 Å². The quantitative estimate of drug-likeness (QED) is 0.0868. The van der Waals surface area contributed by atoms with Crippen molar-refractivity contribution in [3.05, 3.63) is 29.8 Å². The molecule has 11 heteroatoms. The molecule has 0 aliphatic heterocycles. The molecule has 0 radical (unpaired) electrons. The first-order valence-corrected chi connectivity index (χ1v) is 15.1. The zero-order valence-electron chi connectivity index (χ0n) is 24.1. The number of thioether (sulfide) groups is 1. The number of amides is 1. The van der Waals surface area contributed by atoms with E-state index in [0.29, 0.717) is 37.6 Å². The van der Waals surface area contributed by atoms with E-state index in [1.165, 1.54) is 0 Å². The van der Waals surface area contributed by atoms with Crippen molar-refractivity contribution in [1.82, 2.24) is 25.8 Å². The maximum absolute atomic E-state index is 12.3. The fourth-order valence-electron chi connectivity index (χ4n) is 3.83. The van der Waals surface area contributed by atoms with E-state index in [1.54, 1.807) is 31.2 Å². The van der Waals surface area contributed by atoms with Gasteiger partial charge in [0.05, 0.1) is 12.8 Å². The lowest BCUT2D eigenvalue weighted by Gasteiger charge is -2.27. The monoisotopic (exact) mass is 566 g/mol. The number of hydrogen-bond acceptors (Lipinski definition) is 10. The van der Waals surface area contributed by atoms with Gasteiger partial charge in [0.25, 0.3) is 0 Å². The Bertz CT molecular complexity index is 806. The lowest BCUT2D eigenvalue weighted by molar-refractivity contribution is -0.133. The van der Waals surface area contributed by atoms with Crippen LogP contribution in [0.25, 0.3) is 0 Å². The van der Waals surface area contributed by atoms with E-state index in [1.807, 2.05) is 7.05 Å². The number of nitrogens with two attached hydrogens (primary N) is 1. The van der Waals surface area contributed by atoms with E-state index in [0.717, 1.165) is 76.1 Å². The summed E-state index contributed by atoms with van der Waals surface area (Å²) in [4.78, 5) is 40.4. The Morgan fingerprint density at radius 3 is 2.23 bits per heavy atom. The standard InChI is InChI=1S/C28H50N6O4S/c1-4-16-33(17-11-29)20-21-34(18-14-30-3)19-15-31-12-13-32-26(35)23-24-6-8-25(9-7-24)38-27(36)10-22-39-28(37)5-2/h6-9,30-31H,4-5,10-23,29H2,1-3H3,(H,32,35). The number of esters is 1. The van der Waals surface area contributed by atoms with Crippen LogP contribution in [0.3, 0.4) is 0 Å². The lowest BCUT2D eigenvalue weighted by Crippen LogP contribution is -2.43. The zero-order valence-corrected chi connectivity index (χ0v) is 25.0. The average molecular weight is 567 g/mol. The van der Waals surface area contributed by atoms with E-state index in [9.17, 15) is 14.4 Å². The van der Waals surface area contributed by atoms with Gasteiger partial charge in [-0.15, -0.1) is 0 Å². The van der Waals surface area contributed by atoms with Crippen LogP contribution >= 0.6 is 11.8 Å². The van der Waals surface area contributed by atoms with Gasteiger partial charge >= 0.3 is 5.97 Å². The van der Waals surface area contributed by atoms with Crippen LogP contribution in [0.5, 0.6) is 5.75 Å². The Kier molecular flexibility index (Phi) is 20.4. The number of nitrogens with zero attached hydrogens (tertiary/aromatic N) is 2. The maximum atomic E-state index is 12.3. The second-order valence-electron chi connectivity index (χ2n) is 9.29. The van der Waals surface area contributed by atoms with Crippen LogP contribution < -0.4 is 26.4 Å². The molecule has 0 unspecified atom stereocenters. The Morgan fingerprint density at radius 1 is 0.897 bits per heavy atom. The minimum absolute atomic E-state index is 0.0503. The molecule has 39 heavy (non-hydrogen) atoms. The molecule has 1 amide bonds. The molecule has 10 nitrogen and oxygen atoms in total. The lowest BCUT2D eigenvalue weighted by atomic mass is 10.1. The number of nitrogens with one attached hydrogen (secondary N) is 3. The van der Waals surface area contributed by atoms with Crippen molar-refractivity contribution in [2.24, 2.45) is 5.73 Å². The summed E-state index contributed by atoms with van der Waals surface area (Å²) in [7, 11) is 1.97. The third-order valence-corrected chi connectivity index (χ3v) is 7.02. The molecule has 0 aromatic heterocycles. The van der Waals surface area contributed by atoms with Crippen LogP contribution in [0.1, 0.15) is 38.7 Å². The molecule has 5 N–H and O–H groups in total. The van der Waals surface area contributed by atoms with Gasteiger partial charge in [-0.2, -0.15) is 0 Å². The average Bonchev–Trinajstić information content (AvgIpc) is 2.92. The van der Waals surface area contributed by atoms with Gasteiger partial charge in [0.15, 0.2) is 5.12 Å². The molecule has 0 aliphatic carbocycles. The molecule has 1 rings (SSSR count). The smallest absolute Gasteiger partial charge is 0.312 e. The molecule has 0 atom stereocenters. The second-order valence-corrected chi connectivity index (χ2v) is 10.4. The third-order valence-electron chi connectivity index (χ3n) is 6.00. The molecule has 0 spiro atoms. The SMILES string of the molecule is CCCN(CCN)CCN(CCNC)CCNCCNC(=O)Cc1ccc(OC(=O)CCSC(=O)CC)cc1. The number of hydrogen-bond donors (Lipinski definition) is 4. The molecule has 1 aromatic carbocycles. The first kappa shape index (κ1) is 35.0. The number of rotatable bonds is 23. The highest BCUT2D eigenvalue weighted by atomic mass is 32.2. The van der Waals surface area contributed by atoms with Crippen molar-refractivity contribution >= 4 is 28.8 Å². The van der Waals surface area contributed by atoms with Crippen molar-refractivity contribution in [2.75, 3.05) is 84.8 Å². The van der Waals surface area contributed by atoms with Gasteiger partial charge in [0.1, 0.15) is 5.75 Å². The number of likely N-dealkylation sites (N-methyl/N-ethyl adjacent to an activating group) is 1. The Labute approximate surface area is 239 Å². The Balaban J connectivity index is 2.25. The highest BCUT2D eigenvalue weighted by molar-refractivity contribution is 8.13. The number of benzene rings is 1. The van der Waals surface area contributed by atoms with Crippen molar-refractivity contribution in [3.63, 3.8) is 0 Å². The van der Waals surface area contributed by atoms with Gasteiger partial charge in [-0.05, 0) is 37.7 Å². The summed E-state index contributed by atoms with van der Waals surface area (Å²) in [5.74, 6) is 0.423. The minimum Gasteiger partial charge on any atom is -0.427 e. The highest BCUT2D eigenvalue weighted by Crippen LogP contribution is 2.14. The minimum atomic E-state index is -0.375. The normalized spacial score (nSPS) is 11.2. The first-order chi connectivity index (χ1) is 18.9. The van der Waals surface area contributed by atoms with Gasteiger partial charge in [-0.3, -0.25) is 19.3 Å². The summed E-state index contributed by atoms with van der Waals surface area (Å²) in [6.07, 6.45) is 2.03. The van der Waals surface area contributed by atoms with Crippen molar-refractivity contribution in [3.8, 4) is 5.75 Å². The molecule has 1 aromatic rings. The van der Waals surface area contributed by atoms with Crippen LogP contribution in [-0.4, -0.2) is 112 Å². The third kappa shape index (κ3) is 18.0. The Hall–Kier alpha value is -2.02. The summed E-state index contributed by atoms with van der Waals surface area (Å²) in [6, 6.07) is 6.93. The summed E-state index contributed by atoms with van der Waals surface area (Å²) in [5, 5.41) is 9.66. The molecule has 0 aliphatic rings. The molecule has 0 heterocycles. The van der Waals surface area contributed by atoms with Gasteiger partial charge in [-0.25, -0.2) is 0 Å². The van der Waals surface area contributed by atoms with Crippen LogP contribution in [0.2, 0.25) is 0 Å². The van der Waals surface area contributed by atoms with E-state index < -0.39 is 0 Å². The second kappa shape index (κ2) is 22.8. The van der Waals surface area contributed by atoms with E-state index in [2.05, 4.69) is 32.7 Å². The van der Waals surface area contributed by atoms with Gasteiger partial charge in [0.2, 0.25) is 5.91 Å². The molecular formula is C28H50N6O4S. The predicted octanol–water partition coefficient (Wildman–Crippen LogP) is 1.09.